The fraction of sp³-hybridized carbons (Fsp3) is 0.500. The van der Waals surface area contributed by atoms with E-state index in [0.717, 1.165) is 0 Å². The van der Waals surface area contributed by atoms with Crippen molar-refractivity contribution in [3.63, 3.8) is 0 Å². The lowest BCUT2D eigenvalue weighted by molar-refractivity contribution is 0.425. The van der Waals surface area contributed by atoms with Gasteiger partial charge in [0.2, 0.25) is 0 Å². The lowest BCUT2D eigenvalue weighted by Crippen LogP contribution is -2.26. The topological polar surface area (TPSA) is 40.5 Å². The van der Waals surface area contributed by atoms with E-state index < -0.39 is 7.12 Å². The standard InChI is InChI=1S/C8H11BO2S/c10-9(11)8-5-4-7(12-8)6-2-1-3-6/h4-6,10-11H,1-3H2. The largest absolute Gasteiger partial charge is 0.499 e. The summed E-state index contributed by atoms with van der Waals surface area (Å²) in [5, 5.41) is 17.8. The number of hydrogen-bond donors (Lipinski definition) is 2. The molecule has 2 N–H and O–H groups in total. The highest BCUT2D eigenvalue weighted by Gasteiger charge is 2.23. The number of hydrogen-bond acceptors (Lipinski definition) is 3. The highest BCUT2D eigenvalue weighted by Crippen LogP contribution is 2.37. The van der Waals surface area contributed by atoms with Crippen LogP contribution in [0.15, 0.2) is 12.1 Å². The lowest BCUT2D eigenvalue weighted by Gasteiger charge is -2.23. The predicted molar refractivity (Wildman–Crippen MR) is 50.7 cm³/mol. The van der Waals surface area contributed by atoms with Gasteiger partial charge >= 0.3 is 7.12 Å². The third-order valence-corrected chi connectivity index (χ3v) is 3.70. The Bertz CT molecular complexity index is 268. The van der Waals surface area contributed by atoms with Crippen LogP contribution in [0.3, 0.4) is 0 Å². The summed E-state index contributed by atoms with van der Waals surface area (Å²) in [5.74, 6) is 0.697. The van der Waals surface area contributed by atoms with Crippen LogP contribution in [0.4, 0.5) is 0 Å². The van der Waals surface area contributed by atoms with Crippen LogP contribution in [0.25, 0.3) is 0 Å². The molecule has 0 spiro atoms. The van der Waals surface area contributed by atoms with Gasteiger partial charge in [0.25, 0.3) is 0 Å². The Morgan fingerprint density at radius 2 is 2.08 bits per heavy atom. The molecule has 0 saturated heterocycles. The molecule has 1 aromatic rings. The molecule has 0 radical (unpaired) electrons. The van der Waals surface area contributed by atoms with Crippen LogP contribution in [0.1, 0.15) is 30.1 Å². The second kappa shape index (κ2) is 3.20. The van der Waals surface area contributed by atoms with E-state index in [4.69, 9.17) is 10.0 Å². The Labute approximate surface area is 76.0 Å². The third kappa shape index (κ3) is 1.42. The fourth-order valence-corrected chi connectivity index (χ4v) is 2.47. The molecule has 1 heterocycles. The molecule has 0 amide bonds. The predicted octanol–water partition coefficient (Wildman–Crippen LogP) is 0.695. The Balaban J connectivity index is 2.12. The van der Waals surface area contributed by atoms with Crippen molar-refractivity contribution in [1.82, 2.24) is 0 Å². The molecule has 0 atom stereocenters. The second-order valence-corrected chi connectivity index (χ2v) is 4.39. The zero-order valence-corrected chi connectivity index (χ0v) is 7.55. The number of rotatable bonds is 2. The van der Waals surface area contributed by atoms with Crippen molar-refractivity contribution in [3.05, 3.63) is 17.0 Å². The normalized spacial score (nSPS) is 17.5. The van der Waals surface area contributed by atoms with E-state index in [1.165, 1.54) is 35.5 Å². The summed E-state index contributed by atoms with van der Waals surface area (Å²) in [6.45, 7) is 0. The van der Waals surface area contributed by atoms with Gasteiger partial charge in [-0.3, -0.25) is 0 Å². The van der Waals surface area contributed by atoms with Crippen LogP contribution in [0.2, 0.25) is 0 Å². The van der Waals surface area contributed by atoms with Crippen molar-refractivity contribution < 1.29 is 10.0 Å². The molecule has 0 aliphatic heterocycles. The van der Waals surface area contributed by atoms with Crippen LogP contribution < -0.4 is 4.78 Å². The van der Waals surface area contributed by atoms with E-state index in [1.807, 2.05) is 12.1 Å². The summed E-state index contributed by atoms with van der Waals surface area (Å²) >= 11 is 1.52. The lowest BCUT2D eigenvalue weighted by atomic mass is 9.84. The van der Waals surface area contributed by atoms with Gasteiger partial charge in [0.15, 0.2) is 0 Å². The van der Waals surface area contributed by atoms with E-state index in [-0.39, 0.29) is 0 Å². The summed E-state index contributed by atoms with van der Waals surface area (Å²) in [4.78, 5) is 1.31. The molecule has 0 unspecified atom stereocenters. The first-order chi connectivity index (χ1) is 5.77. The molecule has 1 aromatic heterocycles. The third-order valence-electron chi connectivity index (χ3n) is 2.41. The smallest absolute Gasteiger partial charge is 0.423 e. The van der Waals surface area contributed by atoms with Gasteiger partial charge in [-0.15, -0.1) is 11.3 Å². The van der Waals surface area contributed by atoms with Crippen molar-refractivity contribution in [3.8, 4) is 0 Å². The first-order valence-corrected chi connectivity index (χ1v) is 5.05. The molecule has 2 rings (SSSR count). The van der Waals surface area contributed by atoms with Crippen molar-refractivity contribution in [1.29, 1.82) is 0 Å². The first-order valence-electron chi connectivity index (χ1n) is 4.23. The maximum absolute atomic E-state index is 8.88. The van der Waals surface area contributed by atoms with Crippen LogP contribution in [-0.4, -0.2) is 17.2 Å². The Hall–Kier alpha value is -0.315. The molecular weight excluding hydrogens is 171 g/mol. The van der Waals surface area contributed by atoms with Gasteiger partial charge in [0, 0.05) is 9.65 Å². The molecule has 0 aromatic carbocycles. The van der Waals surface area contributed by atoms with E-state index >= 15 is 0 Å². The highest BCUT2D eigenvalue weighted by molar-refractivity contribution is 7.22. The van der Waals surface area contributed by atoms with Gasteiger partial charge in [-0.1, -0.05) is 12.5 Å². The van der Waals surface area contributed by atoms with E-state index in [9.17, 15) is 0 Å². The second-order valence-electron chi connectivity index (χ2n) is 3.24. The zero-order valence-electron chi connectivity index (χ0n) is 6.73. The summed E-state index contributed by atoms with van der Waals surface area (Å²) in [5.41, 5.74) is 0. The summed E-state index contributed by atoms with van der Waals surface area (Å²) < 4.78 is 0.664. The summed E-state index contributed by atoms with van der Waals surface area (Å²) in [7, 11) is -1.29. The minimum absolute atomic E-state index is 0.664. The first kappa shape index (κ1) is 8.29. The monoisotopic (exact) mass is 182 g/mol. The minimum atomic E-state index is -1.29. The molecule has 1 saturated carbocycles. The quantitative estimate of drug-likeness (QED) is 0.660. The van der Waals surface area contributed by atoms with Gasteiger partial charge in [-0.25, -0.2) is 0 Å². The molecule has 1 fully saturated rings. The maximum Gasteiger partial charge on any atom is 0.499 e. The molecule has 2 nitrogen and oxygen atoms in total. The van der Waals surface area contributed by atoms with Gasteiger partial charge in [-0.05, 0) is 24.8 Å². The van der Waals surface area contributed by atoms with E-state index in [0.29, 0.717) is 10.7 Å². The van der Waals surface area contributed by atoms with Crippen LogP contribution >= 0.6 is 11.3 Å². The van der Waals surface area contributed by atoms with Crippen molar-refractivity contribution >= 4 is 23.2 Å². The summed E-state index contributed by atoms with van der Waals surface area (Å²) in [6.07, 6.45) is 3.85. The van der Waals surface area contributed by atoms with Crippen LogP contribution in [-0.2, 0) is 0 Å². The van der Waals surface area contributed by atoms with Gasteiger partial charge in [0.05, 0.1) is 0 Å². The highest BCUT2D eigenvalue weighted by atomic mass is 32.1. The SMILES string of the molecule is OB(O)c1ccc(C2CCC2)s1. The molecule has 1 aliphatic carbocycles. The maximum atomic E-state index is 8.88. The average molecular weight is 182 g/mol. The van der Waals surface area contributed by atoms with Crippen molar-refractivity contribution in [2.24, 2.45) is 0 Å². The molecular formula is C8H11BO2S. The average Bonchev–Trinajstić information content (AvgIpc) is 2.32. The molecule has 4 heteroatoms. The number of thiophene rings is 1. The van der Waals surface area contributed by atoms with Gasteiger partial charge in [-0.2, -0.15) is 0 Å². The molecule has 12 heavy (non-hydrogen) atoms. The Kier molecular flexibility index (Phi) is 2.21. The van der Waals surface area contributed by atoms with Crippen LogP contribution in [0.5, 0.6) is 0 Å². The minimum Gasteiger partial charge on any atom is -0.423 e. The van der Waals surface area contributed by atoms with E-state index in [1.54, 1.807) is 0 Å². The Morgan fingerprint density at radius 1 is 1.33 bits per heavy atom. The zero-order chi connectivity index (χ0) is 8.55. The molecule has 64 valence electrons. The Morgan fingerprint density at radius 3 is 2.50 bits per heavy atom. The molecule has 1 aliphatic rings. The van der Waals surface area contributed by atoms with Gasteiger partial charge in [0.1, 0.15) is 0 Å². The van der Waals surface area contributed by atoms with Gasteiger partial charge < -0.3 is 10.0 Å². The molecule has 0 bridgehead atoms. The van der Waals surface area contributed by atoms with Crippen LogP contribution in [0, 0.1) is 0 Å². The summed E-state index contributed by atoms with van der Waals surface area (Å²) in [6, 6.07) is 3.83. The fourth-order valence-electron chi connectivity index (χ4n) is 1.42. The van der Waals surface area contributed by atoms with Crippen molar-refractivity contribution in [2.45, 2.75) is 25.2 Å². The van der Waals surface area contributed by atoms with Crippen molar-refractivity contribution in [2.75, 3.05) is 0 Å². The van der Waals surface area contributed by atoms with E-state index in [2.05, 4.69) is 0 Å².